The number of alkyl halides is 1. The number of terminal acetylenes is 1. The summed E-state index contributed by atoms with van der Waals surface area (Å²) in [6.45, 7) is -0.0974. The third-order valence-electron chi connectivity index (χ3n) is 1.75. The van der Waals surface area contributed by atoms with E-state index in [1.807, 2.05) is 0 Å². The number of hydrogen-bond acceptors (Lipinski definition) is 3. The Morgan fingerprint density at radius 2 is 2.12 bits per heavy atom. The zero-order chi connectivity index (χ0) is 13.3. The number of carbonyl (C=O) groups is 1. The van der Waals surface area contributed by atoms with Crippen molar-refractivity contribution in [2.24, 2.45) is 0 Å². The molecule has 3 nitrogen and oxygen atoms in total. The van der Waals surface area contributed by atoms with Crippen molar-refractivity contribution < 1.29 is 14.3 Å². The molecule has 0 aliphatic carbocycles. The fraction of sp³-hybridized carbons (Fsp3) is 0.250. The molecule has 0 bridgehead atoms. The van der Waals surface area contributed by atoms with E-state index < -0.39 is 5.97 Å². The van der Waals surface area contributed by atoms with Gasteiger partial charge in [0.15, 0.2) is 6.61 Å². The quantitative estimate of drug-likeness (QED) is 0.486. The van der Waals surface area contributed by atoms with Gasteiger partial charge >= 0.3 is 5.97 Å². The average molecular weight is 320 g/mol. The maximum Gasteiger partial charge on any atom is 0.343 e. The molecule has 1 aromatic rings. The van der Waals surface area contributed by atoms with Crippen molar-refractivity contribution >= 4 is 33.5 Å². The van der Waals surface area contributed by atoms with Crippen molar-refractivity contribution in [2.45, 2.75) is 5.33 Å². The van der Waals surface area contributed by atoms with Crippen molar-refractivity contribution in [1.82, 2.24) is 0 Å². The van der Waals surface area contributed by atoms with Crippen molar-refractivity contribution in [2.75, 3.05) is 13.7 Å². The second-order valence-corrected chi connectivity index (χ2v) is 3.72. The highest BCUT2D eigenvalue weighted by Crippen LogP contribution is 2.23. The van der Waals surface area contributed by atoms with Gasteiger partial charge in [-0.05, 0) is 23.8 Å². The Morgan fingerprint density at radius 1 is 1.47 bits per heavy atom. The average Bonchev–Trinajstić information content (AvgIpc) is 2.39. The summed E-state index contributed by atoms with van der Waals surface area (Å²) in [5.74, 6) is 0.185. The SMILES string of the molecule is C#C.COC(=O)COc1ccc(Cl)c(CBr)c1. The second-order valence-electron chi connectivity index (χ2n) is 2.75. The monoisotopic (exact) mass is 318 g/mol. The minimum atomic E-state index is -0.412. The zero-order valence-electron chi connectivity index (χ0n) is 9.28. The lowest BCUT2D eigenvalue weighted by Crippen LogP contribution is -2.12. The third kappa shape index (κ3) is 5.62. The largest absolute Gasteiger partial charge is 0.482 e. The van der Waals surface area contributed by atoms with Gasteiger partial charge in [0.1, 0.15) is 5.75 Å². The van der Waals surface area contributed by atoms with Crippen molar-refractivity contribution in [3.8, 4) is 18.6 Å². The van der Waals surface area contributed by atoms with Crippen LogP contribution in [0.1, 0.15) is 5.56 Å². The minimum Gasteiger partial charge on any atom is -0.482 e. The van der Waals surface area contributed by atoms with E-state index in [4.69, 9.17) is 16.3 Å². The van der Waals surface area contributed by atoms with E-state index in [2.05, 4.69) is 33.5 Å². The van der Waals surface area contributed by atoms with Gasteiger partial charge in [0.05, 0.1) is 7.11 Å². The summed E-state index contributed by atoms with van der Waals surface area (Å²) < 4.78 is 9.66. The van der Waals surface area contributed by atoms with Crippen molar-refractivity contribution in [3.63, 3.8) is 0 Å². The number of carbonyl (C=O) groups excluding carboxylic acids is 1. The molecule has 0 unspecified atom stereocenters. The maximum absolute atomic E-state index is 10.8. The number of rotatable bonds is 4. The first-order valence-electron chi connectivity index (χ1n) is 4.54. The number of ether oxygens (including phenoxy) is 2. The fourth-order valence-electron chi connectivity index (χ4n) is 0.944. The van der Waals surface area contributed by atoms with Crippen LogP contribution in [0.4, 0.5) is 0 Å². The van der Waals surface area contributed by atoms with E-state index in [1.165, 1.54) is 7.11 Å². The summed E-state index contributed by atoms with van der Waals surface area (Å²) >= 11 is 9.21. The number of benzene rings is 1. The van der Waals surface area contributed by atoms with E-state index in [9.17, 15) is 4.79 Å². The summed E-state index contributed by atoms with van der Waals surface area (Å²) in [7, 11) is 1.32. The van der Waals surface area contributed by atoms with Crippen LogP contribution in [0.3, 0.4) is 0 Å². The number of methoxy groups -OCH3 is 1. The molecular weight excluding hydrogens is 307 g/mol. The Kier molecular flexibility index (Phi) is 8.29. The highest BCUT2D eigenvalue weighted by atomic mass is 79.9. The highest BCUT2D eigenvalue weighted by molar-refractivity contribution is 9.08. The number of hydrogen-bond donors (Lipinski definition) is 0. The molecule has 17 heavy (non-hydrogen) atoms. The van der Waals surface area contributed by atoms with Gasteiger partial charge in [-0.15, -0.1) is 12.8 Å². The van der Waals surface area contributed by atoms with Crippen molar-refractivity contribution in [1.29, 1.82) is 0 Å². The first kappa shape index (κ1) is 15.8. The van der Waals surface area contributed by atoms with Gasteiger partial charge in [0, 0.05) is 10.4 Å². The Bertz CT molecular complexity index is 391. The third-order valence-corrected chi connectivity index (χ3v) is 2.72. The second kappa shape index (κ2) is 8.91. The molecule has 0 heterocycles. The predicted octanol–water partition coefficient (Wildman–Crippen LogP) is 3.04. The van der Waals surface area contributed by atoms with Gasteiger partial charge in [-0.3, -0.25) is 0 Å². The molecule has 0 N–H and O–H groups in total. The summed E-state index contributed by atoms with van der Waals surface area (Å²) in [6, 6.07) is 5.21. The van der Waals surface area contributed by atoms with Crippen LogP contribution in [0.15, 0.2) is 18.2 Å². The van der Waals surface area contributed by atoms with Crippen LogP contribution in [-0.2, 0) is 14.9 Å². The van der Waals surface area contributed by atoms with Crippen LogP contribution in [0.5, 0.6) is 5.75 Å². The molecule has 0 saturated heterocycles. The van der Waals surface area contributed by atoms with Gasteiger partial charge in [-0.25, -0.2) is 4.79 Å². The predicted molar refractivity (Wildman–Crippen MR) is 71.5 cm³/mol. The Labute approximate surface area is 114 Å². The van der Waals surface area contributed by atoms with Crippen LogP contribution < -0.4 is 4.74 Å². The summed E-state index contributed by atoms with van der Waals surface area (Å²) in [5.41, 5.74) is 0.916. The molecule has 0 aromatic heterocycles. The van der Waals surface area contributed by atoms with Crippen LogP contribution >= 0.6 is 27.5 Å². The molecule has 0 amide bonds. The molecule has 1 aromatic carbocycles. The van der Waals surface area contributed by atoms with Crippen LogP contribution in [0, 0.1) is 12.8 Å². The molecule has 0 fully saturated rings. The molecule has 0 aliphatic rings. The zero-order valence-corrected chi connectivity index (χ0v) is 11.6. The molecule has 0 aliphatic heterocycles. The molecular formula is C12H12BrClO3. The number of esters is 1. The van der Waals surface area contributed by atoms with E-state index in [0.29, 0.717) is 16.1 Å². The summed E-state index contributed by atoms with van der Waals surface area (Å²) in [5, 5.41) is 1.30. The Morgan fingerprint density at radius 3 is 2.65 bits per heavy atom. The molecule has 0 spiro atoms. The van der Waals surface area contributed by atoms with Crippen molar-refractivity contribution in [3.05, 3.63) is 28.8 Å². The van der Waals surface area contributed by atoms with Crippen LogP contribution in [0.2, 0.25) is 5.02 Å². The lowest BCUT2D eigenvalue weighted by Gasteiger charge is -2.06. The van der Waals surface area contributed by atoms with Gasteiger partial charge < -0.3 is 9.47 Å². The number of halogens is 2. The normalized spacial score (nSPS) is 8.76. The minimum absolute atomic E-state index is 0.0974. The molecule has 92 valence electrons. The Balaban J connectivity index is 0.00000121. The van der Waals surface area contributed by atoms with E-state index in [0.717, 1.165) is 5.56 Å². The summed E-state index contributed by atoms with van der Waals surface area (Å²) in [6.07, 6.45) is 8.00. The fourth-order valence-corrected chi connectivity index (χ4v) is 1.75. The van der Waals surface area contributed by atoms with E-state index >= 15 is 0 Å². The van der Waals surface area contributed by atoms with E-state index in [-0.39, 0.29) is 6.61 Å². The molecule has 1 rings (SSSR count). The van der Waals surface area contributed by atoms with Gasteiger partial charge in [-0.1, -0.05) is 27.5 Å². The molecule has 5 heteroatoms. The first-order valence-corrected chi connectivity index (χ1v) is 6.04. The maximum atomic E-state index is 10.8. The van der Waals surface area contributed by atoms with Gasteiger partial charge in [-0.2, -0.15) is 0 Å². The summed E-state index contributed by atoms with van der Waals surface area (Å²) in [4.78, 5) is 10.8. The topological polar surface area (TPSA) is 35.5 Å². The van der Waals surface area contributed by atoms with Gasteiger partial charge in [0.2, 0.25) is 0 Å². The molecule has 0 atom stereocenters. The van der Waals surface area contributed by atoms with Gasteiger partial charge in [0.25, 0.3) is 0 Å². The van der Waals surface area contributed by atoms with E-state index in [1.54, 1.807) is 18.2 Å². The lowest BCUT2D eigenvalue weighted by atomic mass is 10.2. The smallest absolute Gasteiger partial charge is 0.343 e. The molecule has 0 saturated carbocycles. The lowest BCUT2D eigenvalue weighted by molar-refractivity contribution is -0.142. The Hall–Kier alpha value is -1.18. The first-order chi connectivity index (χ1) is 8.17. The highest BCUT2D eigenvalue weighted by Gasteiger charge is 2.04. The van der Waals surface area contributed by atoms with Crippen LogP contribution in [-0.4, -0.2) is 19.7 Å². The van der Waals surface area contributed by atoms with Crippen LogP contribution in [0.25, 0.3) is 0 Å². The standard InChI is InChI=1S/C10H10BrClO3.C2H2/c1-14-10(13)6-15-8-2-3-9(12)7(4-8)5-11;1-2/h2-4H,5-6H2,1H3;1-2H. The molecule has 0 radical (unpaired) electrons.